The summed E-state index contributed by atoms with van der Waals surface area (Å²) in [5.41, 5.74) is 2.70. The Bertz CT molecular complexity index is 734. The summed E-state index contributed by atoms with van der Waals surface area (Å²) in [4.78, 5) is 2.45. The molecular weight excluding hydrogens is 350 g/mol. The van der Waals surface area contributed by atoms with Crippen molar-refractivity contribution in [2.45, 2.75) is 46.4 Å². The number of hydrogen-bond acceptors (Lipinski definition) is 5. The van der Waals surface area contributed by atoms with Crippen molar-refractivity contribution in [1.29, 1.82) is 5.41 Å². The van der Waals surface area contributed by atoms with Gasteiger partial charge in [0, 0.05) is 30.9 Å². The zero-order valence-electron chi connectivity index (χ0n) is 17.7. The van der Waals surface area contributed by atoms with Gasteiger partial charge in [-0.1, -0.05) is 24.3 Å². The lowest BCUT2D eigenvalue weighted by atomic mass is 10.1. The third-order valence-corrected chi connectivity index (χ3v) is 4.73. The number of nitrogens with zero attached hydrogens (tertiary/aromatic N) is 1. The molecule has 5 heteroatoms. The second kappa shape index (κ2) is 10.7. The van der Waals surface area contributed by atoms with E-state index in [9.17, 15) is 0 Å². The van der Waals surface area contributed by atoms with E-state index in [-0.39, 0.29) is 5.90 Å². The van der Waals surface area contributed by atoms with E-state index in [0.29, 0.717) is 18.7 Å². The van der Waals surface area contributed by atoms with Crippen LogP contribution in [0.15, 0.2) is 48.5 Å². The molecule has 5 nitrogen and oxygen atoms in total. The molecule has 2 N–H and O–H groups in total. The molecule has 0 bridgehead atoms. The molecule has 0 aliphatic rings. The highest BCUT2D eigenvalue weighted by Crippen LogP contribution is 2.18. The van der Waals surface area contributed by atoms with Crippen LogP contribution in [0.5, 0.6) is 5.75 Å². The van der Waals surface area contributed by atoms with E-state index in [1.807, 2.05) is 48.5 Å². The number of nitrogens with one attached hydrogen (secondary N) is 2. The number of hydrogen-bond donors (Lipinski definition) is 2. The minimum absolute atomic E-state index is 0.170. The molecule has 0 heterocycles. The topological polar surface area (TPSA) is 57.6 Å². The van der Waals surface area contributed by atoms with Gasteiger partial charge in [-0.25, -0.2) is 0 Å². The average Bonchev–Trinajstić information content (AvgIpc) is 2.69. The van der Waals surface area contributed by atoms with Gasteiger partial charge >= 0.3 is 0 Å². The standard InChI is InChI=1S/C23H33N3O2/c1-17(2)26(18(3)4)15-14-25-22-9-7-6-8-21(22)23(24)28-16-19-10-12-20(27-5)13-11-19/h6-13,17-18,24-25H,14-16H2,1-5H3. The fourth-order valence-electron chi connectivity index (χ4n) is 3.22. The summed E-state index contributed by atoms with van der Waals surface area (Å²) in [6.45, 7) is 11.0. The number of para-hydroxylation sites is 1. The van der Waals surface area contributed by atoms with Gasteiger partial charge in [0.2, 0.25) is 5.90 Å². The highest BCUT2D eigenvalue weighted by atomic mass is 16.5. The van der Waals surface area contributed by atoms with Crippen LogP contribution in [-0.4, -0.2) is 43.1 Å². The molecule has 2 aromatic rings. The molecule has 2 aromatic carbocycles. The summed E-state index contributed by atoms with van der Waals surface area (Å²) in [6, 6.07) is 16.5. The van der Waals surface area contributed by atoms with Gasteiger partial charge in [-0.2, -0.15) is 0 Å². The third-order valence-electron chi connectivity index (χ3n) is 4.73. The van der Waals surface area contributed by atoms with E-state index < -0.39 is 0 Å². The molecule has 0 radical (unpaired) electrons. The molecule has 0 aliphatic carbocycles. The second-order valence-electron chi connectivity index (χ2n) is 7.36. The van der Waals surface area contributed by atoms with Crippen molar-refractivity contribution in [1.82, 2.24) is 4.90 Å². The Labute approximate surface area is 169 Å². The van der Waals surface area contributed by atoms with Gasteiger partial charge in [-0.15, -0.1) is 0 Å². The largest absolute Gasteiger partial charge is 0.497 e. The zero-order chi connectivity index (χ0) is 20.5. The van der Waals surface area contributed by atoms with Gasteiger partial charge in [-0.3, -0.25) is 10.3 Å². The lowest BCUT2D eigenvalue weighted by Gasteiger charge is -2.30. The van der Waals surface area contributed by atoms with Gasteiger partial charge in [-0.05, 0) is 57.5 Å². The first-order valence-electron chi connectivity index (χ1n) is 9.85. The fraction of sp³-hybridized carbons (Fsp3) is 0.435. The quantitative estimate of drug-likeness (QED) is 0.458. The molecule has 0 atom stereocenters. The fourth-order valence-corrected chi connectivity index (χ4v) is 3.22. The van der Waals surface area contributed by atoms with E-state index in [1.165, 1.54) is 0 Å². The van der Waals surface area contributed by atoms with Crippen molar-refractivity contribution < 1.29 is 9.47 Å². The van der Waals surface area contributed by atoms with Crippen LogP contribution in [0.25, 0.3) is 0 Å². The molecule has 0 aromatic heterocycles. The van der Waals surface area contributed by atoms with Crippen LogP contribution in [0, 0.1) is 5.41 Å². The first-order valence-corrected chi connectivity index (χ1v) is 9.85. The molecule has 0 amide bonds. The molecule has 0 spiro atoms. The monoisotopic (exact) mass is 383 g/mol. The van der Waals surface area contributed by atoms with E-state index in [1.54, 1.807) is 7.11 Å². The van der Waals surface area contributed by atoms with E-state index in [0.717, 1.165) is 35.7 Å². The lowest BCUT2D eigenvalue weighted by molar-refractivity contribution is 0.182. The molecule has 2 rings (SSSR count). The number of rotatable bonds is 10. The van der Waals surface area contributed by atoms with Crippen LogP contribution >= 0.6 is 0 Å². The van der Waals surface area contributed by atoms with Crippen molar-refractivity contribution in [2.24, 2.45) is 0 Å². The van der Waals surface area contributed by atoms with Crippen molar-refractivity contribution in [3.63, 3.8) is 0 Å². The van der Waals surface area contributed by atoms with Gasteiger partial charge in [0.15, 0.2) is 0 Å². The van der Waals surface area contributed by atoms with Gasteiger partial charge < -0.3 is 14.8 Å². The predicted octanol–water partition coefficient (Wildman–Crippen LogP) is 4.77. The van der Waals surface area contributed by atoms with E-state index in [4.69, 9.17) is 14.9 Å². The predicted molar refractivity (Wildman–Crippen MR) is 117 cm³/mol. The number of ether oxygens (including phenoxy) is 2. The Hall–Kier alpha value is -2.53. The smallest absolute Gasteiger partial charge is 0.215 e. The minimum Gasteiger partial charge on any atom is -0.497 e. The van der Waals surface area contributed by atoms with Crippen LogP contribution < -0.4 is 10.1 Å². The van der Waals surface area contributed by atoms with Crippen LogP contribution in [0.1, 0.15) is 38.8 Å². The third kappa shape index (κ3) is 6.27. The summed E-state index contributed by atoms with van der Waals surface area (Å²) < 4.78 is 10.9. The average molecular weight is 384 g/mol. The Morgan fingerprint density at radius 2 is 1.64 bits per heavy atom. The summed E-state index contributed by atoms with van der Waals surface area (Å²) in [5, 5.41) is 11.8. The summed E-state index contributed by atoms with van der Waals surface area (Å²) >= 11 is 0. The molecule has 0 saturated heterocycles. The molecule has 152 valence electrons. The molecule has 0 saturated carbocycles. The molecule has 28 heavy (non-hydrogen) atoms. The maximum absolute atomic E-state index is 8.36. The first-order chi connectivity index (χ1) is 13.4. The van der Waals surface area contributed by atoms with E-state index >= 15 is 0 Å². The minimum atomic E-state index is 0.170. The Balaban J connectivity index is 1.95. The lowest BCUT2D eigenvalue weighted by Crippen LogP contribution is -2.40. The number of anilines is 1. The van der Waals surface area contributed by atoms with Crippen LogP contribution in [0.3, 0.4) is 0 Å². The normalized spacial score (nSPS) is 11.1. The SMILES string of the molecule is COc1ccc(COC(=N)c2ccccc2NCCN(C(C)C)C(C)C)cc1. The van der Waals surface area contributed by atoms with Crippen molar-refractivity contribution in [3.05, 3.63) is 59.7 Å². The molecule has 0 fully saturated rings. The second-order valence-corrected chi connectivity index (χ2v) is 7.36. The van der Waals surface area contributed by atoms with Gasteiger partial charge in [0.1, 0.15) is 12.4 Å². The highest BCUT2D eigenvalue weighted by Gasteiger charge is 2.14. The van der Waals surface area contributed by atoms with Gasteiger partial charge in [0.05, 0.1) is 12.7 Å². The highest BCUT2D eigenvalue weighted by molar-refractivity contribution is 5.97. The number of benzene rings is 2. The molecular formula is C23H33N3O2. The Kier molecular flexibility index (Phi) is 8.33. The van der Waals surface area contributed by atoms with Crippen molar-refractivity contribution in [3.8, 4) is 5.75 Å². The first kappa shape index (κ1) is 21.8. The summed E-state index contributed by atoms with van der Waals surface area (Å²) in [7, 11) is 1.65. The van der Waals surface area contributed by atoms with Crippen LogP contribution in [0.2, 0.25) is 0 Å². The van der Waals surface area contributed by atoms with Crippen LogP contribution in [-0.2, 0) is 11.3 Å². The van der Waals surface area contributed by atoms with Crippen molar-refractivity contribution in [2.75, 3.05) is 25.5 Å². The maximum Gasteiger partial charge on any atom is 0.215 e. The van der Waals surface area contributed by atoms with Crippen LogP contribution in [0.4, 0.5) is 5.69 Å². The van der Waals surface area contributed by atoms with E-state index in [2.05, 4.69) is 37.9 Å². The molecule has 0 aliphatic heterocycles. The summed E-state index contributed by atoms with van der Waals surface area (Å²) in [6.07, 6.45) is 0. The zero-order valence-corrected chi connectivity index (χ0v) is 17.7. The summed E-state index contributed by atoms with van der Waals surface area (Å²) in [5.74, 6) is 0.980. The number of methoxy groups -OCH3 is 1. The van der Waals surface area contributed by atoms with Crippen molar-refractivity contribution >= 4 is 11.6 Å². The maximum atomic E-state index is 8.36. The molecule has 0 unspecified atom stereocenters. The Morgan fingerprint density at radius 3 is 2.25 bits per heavy atom. The van der Waals surface area contributed by atoms with Gasteiger partial charge in [0.25, 0.3) is 0 Å². The Morgan fingerprint density at radius 1 is 1.00 bits per heavy atom.